The average Bonchev–Trinajstić information content (AvgIpc) is 3.12. The van der Waals surface area contributed by atoms with Gasteiger partial charge in [0.25, 0.3) is 0 Å². The van der Waals surface area contributed by atoms with Crippen LogP contribution in [0.15, 0.2) is 45.6 Å². The Kier molecular flexibility index (Phi) is 11.5. The molecule has 0 amide bonds. The van der Waals surface area contributed by atoms with Crippen molar-refractivity contribution in [1.82, 2.24) is 0 Å². The second-order valence-electron chi connectivity index (χ2n) is 12.9. The normalized spacial score (nSPS) is 37.8. The van der Waals surface area contributed by atoms with E-state index in [0.717, 1.165) is 12.1 Å². The summed E-state index contributed by atoms with van der Waals surface area (Å²) in [4.78, 5) is 14.1. The van der Waals surface area contributed by atoms with E-state index in [1.165, 1.54) is 31.2 Å². The van der Waals surface area contributed by atoms with Crippen molar-refractivity contribution >= 4 is 11.0 Å². The standard InChI is InChI=1S/C33H40O20/c1-10-19(39)28(51-31-25(45)23(43)20(40)16(8-34)49-31)30(53-32-26(46)24(44)21(41)17(9-35)50-32)33(47-10)52-29-22(42)18-14(38)6-13(37)7-15(18)48-27(29)11-2-4-12(36)5-3-11/h2-7,10,16-17,19-21,23-26,28,30-41,43-46H,8-9H2,1H3/t10-,16+,17+,19-,20+,21+,23-,24-,25+,26+,28+,30+,31-,32-,33-/m0/s1. The molecule has 53 heavy (non-hydrogen) atoms. The summed E-state index contributed by atoms with van der Waals surface area (Å²) >= 11 is 0. The third-order valence-electron chi connectivity index (χ3n) is 9.32. The molecule has 0 unspecified atom stereocenters. The van der Waals surface area contributed by atoms with Gasteiger partial charge in [0, 0.05) is 17.7 Å². The number of benzene rings is 2. The molecule has 6 rings (SSSR count). The molecule has 3 aromatic rings. The Morgan fingerprint density at radius 3 is 1.74 bits per heavy atom. The van der Waals surface area contributed by atoms with Crippen LogP contribution in [0.3, 0.4) is 0 Å². The van der Waals surface area contributed by atoms with Crippen molar-refractivity contribution in [3.8, 4) is 34.3 Å². The highest BCUT2D eigenvalue weighted by atomic mass is 16.8. The molecule has 12 N–H and O–H groups in total. The summed E-state index contributed by atoms with van der Waals surface area (Å²) in [6.45, 7) is -0.354. The summed E-state index contributed by atoms with van der Waals surface area (Å²) in [5.41, 5.74) is -1.18. The van der Waals surface area contributed by atoms with Crippen LogP contribution in [0.4, 0.5) is 0 Å². The molecule has 3 saturated heterocycles. The number of hydrogen-bond donors (Lipinski definition) is 12. The van der Waals surface area contributed by atoms with E-state index in [1.807, 2.05) is 0 Å². The smallest absolute Gasteiger partial charge is 0.239 e. The van der Waals surface area contributed by atoms with Crippen LogP contribution in [0.1, 0.15) is 6.92 Å². The lowest BCUT2D eigenvalue weighted by atomic mass is 9.96. The molecule has 0 aliphatic carbocycles. The number of ether oxygens (including phenoxy) is 6. The van der Waals surface area contributed by atoms with Crippen molar-refractivity contribution in [1.29, 1.82) is 0 Å². The van der Waals surface area contributed by atoms with Gasteiger partial charge in [-0.2, -0.15) is 0 Å². The second-order valence-corrected chi connectivity index (χ2v) is 12.9. The minimum atomic E-state index is -2.03. The monoisotopic (exact) mass is 756 g/mol. The van der Waals surface area contributed by atoms with Crippen LogP contribution in [0, 0.1) is 0 Å². The fourth-order valence-electron chi connectivity index (χ4n) is 6.34. The fraction of sp³-hybridized carbons (Fsp3) is 0.545. The number of fused-ring (bicyclic) bond motifs is 1. The molecule has 0 saturated carbocycles. The Labute approximate surface area is 298 Å². The van der Waals surface area contributed by atoms with Gasteiger partial charge in [0.1, 0.15) is 89.3 Å². The lowest BCUT2D eigenvalue weighted by Gasteiger charge is -2.48. The van der Waals surface area contributed by atoms with Crippen LogP contribution in [0.25, 0.3) is 22.3 Å². The van der Waals surface area contributed by atoms with Crippen LogP contribution >= 0.6 is 0 Å². The lowest BCUT2D eigenvalue weighted by molar-refractivity contribution is -0.382. The Balaban J connectivity index is 1.46. The predicted molar refractivity (Wildman–Crippen MR) is 171 cm³/mol. The van der Waals surface area contributed by atoms with E-state index in [0.29, 0.717) is 0 Å². The van der Waals surface area contributed by atoms with Crippen LogP contribution in [-0.4, -0.2) is 167 Å². The molecule has 20 nitrogen and oxygen atoms in total. The molecular weight excluding hydrogens is 716 g/mol. The number of phenolic OH excluding ortho intramolecular Hbond substituents is 3. The first-order valence-electron chi connectivity index (χ1n) is 16.4. The van der Waals surface area contributed by atoms with Gasteiger partial charge in [-0.05, 0) is 31.2 Å². The van der Waals surface area contributed by atoms with Crippen LogP contribution in [0.2, 0.25) is 0 Å². The maximum absolute atomic E-state index is 14.1. The maximum Gasteiger partial charge on any atom is 0.239 e. The molecule has 3 aliphatic rings. The molecule has 3 fully saturated rings. The Hall–Kier alpha value is -3.71. The fourth-order valence-corrected chi connectivity index (χ4v) is 6.34. The number of aromatic hydroxyl groups is 3. The van der Waals surface area contributed by atoms with Crippen LogP contribution < -0.4 is 10.2 Å². The van der Waals surface area contributed by atoms with Crippen molar-refractivity contribution < 1.29 is 94.1 Å². The van der Waals surface area contributed by atoms with Crippen molar-refractivity contribution in [2.45, 2.75) is 99.0 Å². The molecule has 1 aromatic heterocycles. The molecule has 4 heterocycles. The number of aliphatic hydroxyl groups is 9. The number of hydrogen-bond acceptors (Lipinski definition) is 20. The largest absolute Gasteiger partial charge is 0.508 e. The van der Waals surface area contributed by atoms with Gasteiger partial charge in [0.15, 0.2) is 24.4 Å². The zero-order chi connectivity index (χ0) is 38.5. The van der Waals surface area contributed by atoms with Crippen LogP contribution in [0.5, 0.6) is 23.0 Å². The lowest BCUT2D eigenvalue weighted by Crippen LogP contribution is -2.67. The quantitative estimate of drug-likeness (QED) is 0.100. The first-order valence-corrected chi connectivity index (χ1v) is 16.4. The van der Waals surface area contributed by atoms with E-state index in [9.17, 15) is 66.1 Å². The summed E-state index contributed by atoms with van der Waals surface area (Å²) in [6.07, 6.45) is -26.9. The minimum absolute atomic E-state index is 0.129. The van der Waals surface area contributed by atoms with E-state index in [-0.39, 0.29) is 22.7 Å². The van der Waals surface area contributed by atoms with Gasteiger partial charge in [-0.1, -0.05) is 0 Å². The second kappa shape index (κ2) is 15.6. The van der Waals surface area contributed by atoms with Gasteiger partial charge in [0.05, 0.1) is 19.3 Å². The maximum atomic E-state index is 14.1. The number of aliphatic hydroxyl groups excluding tert-OH is 9. The number of rotatable bonds is 9. The zero-order valence-corrected chi connectivity index (χ0v) is 27.7. The summed E-state index contributed by atoms with van der Waals surface area (Å²) in [5.74, 6) is -2.31. The predicted octanol–water partition coefficient (Wildman–Crippen LogP) is -3.57. The van der Waals surface area contributed by atoms with Crippen molar-refractivity contribution in [3.05, 3.63) is 46.6 Å². The highest BCUT2D eigenvalue weighted by Crippen LogP contribution is 2.39. The topological polar surface area (TPSA) is 328 Å². The molecular formula is C33H40O20. The first-order chi connectivity index (χ1) is 25.1. The Bertz CT molecular complexity index is 1780. The van der Waals surface area contributed by atoms with E-state index >= 15 is 0 Å². The van der Waals surface area contributed by atoms with Crippen LogP contribution in [-0.2, 0) is 23.7 Å². The summed E-state index contributed by atoms with van der Waals surface area (Å²) < 4.78 is 40.8. The molecule has 0 bridgehead atoms. The number of phenols is 3. The van der Waals surface area contributed by atoms with Gasteiger partial charge in [-0.3, -0.25) is 4.79 Å². The molecule has 292 valence electrons. The van der Waals surface area contributed by atoms with Gasteiger partial charge in [-0.15, -0.1) is 0 Å². The molecule has 15 atom stereocenters. The van der Waals surface area contributed by atoms with E-state index in [2.05, 4.69) is 0 Å². The SMILES string of the molecule is C[C@@H]1O[C@@H](Oc2c(-c3ccc(O)cc3)oc3cc(O)cc(O)c3c2=O)[C@H](O[C@@H]2O[C@H](CO)[C@@H](O)[C@H](O)[C@H]2O)[C@H](O[C@@H]2O[C@H](CO)[C@@H](O)[C@H](O)[C@H]2O)[C@H]1O. The molecule has 3 aliphatic heterocycles. The van der Waals surface area contributed by atoms with Crippen molar-refractivity contribution in [2.24, 2.45) is 0 Å². The summed E-state index contributed by atoms with van der Waals surface area (Å²) in [5, 5.41) is 124. The van der Waals surface area contributed by atoms with Gasteiger partial charge >= 0.3 is 0 Å². The Morgan fingerprint density at radius 1 is 0.642 bits per heavy atom. The van der Waals surface area contributed by atoms with E-state index < -0.39 is 133 Å². The average molecular weight is 757 g/mol. The molecule has 0 radical (unpaired) electrons. The van der Waals surface area contributed by atoms with Gasteiger partial charge in [-0.25, -0.2) is 0 Å². The molecule has 20 heteroatoms. The van der Waals surface area contributed by atoms with Crippen molar-refractivity contribution in [3.63, 3.8) is 0 Å². The van der Waals surface area contributed by atoms with Gasteiger partial charge in [0.2, 0.25) is 17.5 Å². The Morgan fingerprint density at radius 2 is 1.19 bits per heavy atom. The van der Waals surface area contributed by atoms with E-state index in [1.54, 1.807) is 0 Å². The zero-order valence-electron chi connectivity index (χ0n) is 27.7. The molecule has 2 aromatic carbocycles. The summed E-state index contributed by atoms with van der Waals surface area (Å²) in [7, 11) is 0. The summed E-state index contributed by atoms with van der Waals surface area (Å²) in [6, 6.07) is 7.12. The first kappa shape index (κ1) is 39.0. The van der Waals surface area contributed by atoms with E-state index in [4.69, 9.17) is 32.8 Å². The van der Waals surface area contributed by atoms with Crippen molar-refractivity contribution in [2.75, 3.05) is 13.2 Å². The third-order valence-corrected chi connectivity index (χ3v) is 9.32. The highest BCUT2D eigenvalue weighted by Gasteiger charge is 2.54. The molecule has 0 spiro atoms. The third kappa shape index (κ3) is 7.39. The minimum Gasteiger partial charge on any atom is -0.508 e. The highest BCUT2D eigenvalue weighted by molar-refractivity contribution is 5.88. The van der Waals surface area contributed by atoms with Gasteiger partial charge < -0.3 is 94.1 Å².